The largest absolute Gasteiger partial charge is 0.243 e. The quantitative estimate of drug-likeness (QED) is 0.273. The lowest BCUT2D eigenvalue weighted by atomic mass is 10.2. The van der Waals surface area contributed by atoms with Crippen LogP contribution in [0.25, 0.3) is 0 Å². The summed E-state index contributed by atoms with van der Waals surface area (Å²) < 4.78 is -1.37. The molecule has 0 radical (unpaired) electrons. The molecule has 0 aliphatic carbocycles. The van der Waals surface area contributed by atoms with Crippen LogP contribution in [-0.4, -0.2) is 3.07 Å². The molecule has 0 spiro atoms. The highest BCUT2D eigenvalue weighted by Gasteiger charge is 2.24. The van der Waals surface area contributed by atoms with Crippen molar-refractivity contribution in [1.82, 2.24) is 0 Å². The summed E-state index contributed by atoms with van der Waals surface area (Å²) in [4.78, 5) is 0. The average Bonchev–Trinajstić information content (AvgIpc) is 2.26. The topological polar surface area (TPSA) is 0 Å². The zero-order valence-electron chi connectivity index (χ0n) is 8.92. The van der Waals surface area contributed by atoms with Crippen molar-refractivity contribution < 1.29 is 0 Å². The van der Waals surface area contributed by atoms with Crippen molar-refractivity contribution in [3.8, 4) is 0 Å². The Kier molecular flexibility index (Phi) is 6.45. The minimum Gasteiger partial charge on any atom is -0.0929 e. The van der Waals surface area contributed by atoms with Gasteiger partial charge < -0.3 is 0 Å². The van der Waals surface area contributed by atoms with E-state index in [1.807, 2.05) is 0 Å². The lowest BCUT2D eigenvalue weighted by molar-refractivity contribution is 0.815. The second-order valence-corrected chi connectivity index (χ2v) is 22.1. The standard InChI is InChI=1S/C12H16I2Si/c1-2-3-4-8-11-15(13,14)12-9-6-5-7-10-12/h5-11H,2-4H2,1H3/b11-8+. The molecule has 1 aromatic carbocycles. The molecule has 1 aromatic rings. The van der Waals surface area contributed by atoms with Crippen molar-refractivity contribution in [2.24, 2.45) is 0 Å². The van der Waals surface area contributed by atoms with Crippen LogP contribution in [-0.2, 0) is 0 Å². The van der Waals surface area contributed by atoms with Gasteiger partial charge in [-0.2, -0.15) is 0 Å². The predicted molar refractivity (Wildman–Crippen MR) is 88.5 cm³/mol. The maximum atomic E-state index is 2.63. The lowest BCUT2D eigenvalue weighted by Crippen LogP contribution is -2.32. The number of unbranched alkanes of at least 4 members (excludes halogenated alkanes) is 2. The number of rotatable bonds is 5. The van der Waals surface area contributed by atoms with Crippen LogP contribution in [0, 0.1) is 0 Å². The summed E-state index contributed by atoms with van der Waals surface area (Å²) in [5.41, 5.74) is 2.44. The van der Waals surface area contributed by atoms with Crippen molar-refractivity contribution in [3.63, 3.8) is 0 Å². The van der Waals surface area contributed by atoms with Crippen LogP contribution in [0.4, 0.5) is 0 Å². The van der Waals surface area contributed by atoms with E-state index in [1.54, 1.807) is 0 Å². The van der Waals surface area contributed by atoms with Gasteiger partial charge in [0.25, 0.3) is 0 Å². The molecule has 0 fully saturated rings. The molecule has 82 valence electrons. The van der Waals surface area contributed by atoms with Gasteiger partial charge in [-0.3, -0.25) is 0 Å². The molecule has 0 saturated heterocycles. The molecule has 0 atom stereocenters. The van der Waals surface area contributed by atoms with Gasteiger partial charge in [0, 0.05) is 0 Å². The van der Waals surface area contributed by atoms with Gasteiger partial charge in [-0.15, -0.1) is 0 Å². The summed E-state index contributed by atoms with van der Waals surface area (Å²) in [5.74, 6) is 0. The zero-order valence-corrected chi connectivity index (χ0v) is 14.2. The number of allylic oxidation sites excluding steroid dienone is 1. The monoisotopic (exact) mass is 442 g/mol. The Morgan fingerprint density at radius 1 is 1.20 bits per heavy atom. The van der Waals surface area contributed by atoms with Crippen molar-refractivity contribution in [2.45, 2.75) is 26.2 Å². The van der Waals surface area contributed by atoms with E-state index in [9.17, 15) is 0 Å². The van der Waals surface area contributed by atoms with Crippen molar-refractivity contribution in [3.05, 3.63) is 42.1 Å². The minimum atomic E-state index is -1.37. The van der Waals surface area contributed by atoms with Crippen LogP contribution in [0.1, 0.15) is 26.2 Å². The molecular formula is C12H16I2Si. The highest BCUT2D eigenvalue weighted by Crippen LogP contribution is 2.23. The molecule has 0 aliphatic rings. The van der Waals surface area contributed by atoms with Gasteiger partial charge in [0.2, 0.25) is 3.07 Å². The number of halogens is 2. The third-order valence-electron chi connectivity index (χ3n) is 2.21. The highest BCUT2D eigenvalue weighted by atomic mass is 127. The van der Waals surface area contributed by atoms with E-state index in [-0.39, 0.29) is 0 Å². The fourth-order valence-corrected chi connectivity index (χ4v) is 6.29. The van der Waals surface area contributed by atoms with Gasteiger partial charge >= 0.3 is 0 Å². The number of hydrogen-bond donors (Lipinski definition) is 0. The van der Waals surface area contributed by atoms with E-state index < -0.39 is 3.07 Å². The maximum absolute atomic E-state index is 2.63. The second kappa shape index (κ2) is 7.06. The molecule has 0 aliphatic heterocycles. The first-order chi connectivity index (χ1) is 7.17. The van der Waals surface area contributed by atoms with Crippen LogP contribution in [0.5, 0.6) is 0 Å². The Morgan fingerprint density at radius 2 is 1.87 bits per heavy atom. The first-order valence-electron chi connectivity index (χ1n) is 5.28. The van der Waals surface area contributed by atoms with Crippen LogP contribution < -0.4 is 5.19 Å². The Bertz CT molecular complexity index is 307. The SMILES string of the molecule is CCCC/C=C/[Si](I)(I)c1ccccc1. The molecule has 0 amide bonds. The molecule has 0 N–H and O–H groups in total. The Hall–Kier alpha value is 0.637. The Morgan fingerprint density at radius 3 is 2.47 bits per heavy atom. The van der Waals surface area contributed by atoms with E-state index in [1.165, 1.54) is 24.4 Å². The molecule has 0 saturated carbocycles. The molecule has 0 aromatic heterocycles. The summed E-state index contributed by atoms with van der Waals surface area (Å²) in [5, 5.41) is 1.50. The maximum Gasteiger partial charge on any atom is 0.243 e. The molecule has 0 heterocycles. The fourth-order valence-electron chi connectivity index (χ4n) is 1.31. The summed E-state index contributed by atoms with van der Waals surface area (Å²) >= 11 is 5.26. The Labute approximate surface area is 119 Å². The molecule has 0 bridgehead atoms. The van der Waals surface area contributed by atoms with E-state index in [2.05, 4.69) is 92.6 Å². The fraction of sp³-hybridized carbons (Fsp3) is 0.333. The number of benzene rings is 1. The summed E-state index contributed by atoms with van der Waals surface area (Å²) in [6.45, 7) is 2.24. The summed E-state index contributed by atoms with van der Waals surface area (Å²) in [6.07, 6.45) is 6.18. The predicted octanol–water partition coefficient (Wildman–Crippen LogP) is 4.49. The molecule has 15 heavy (non-hydrogen) atoms. The van der Waals surface area contributed by atoms with Gasteiger partial charge in [0.05, 0.1) is 0 Å². The van der Waals surface area contributed by atoms with E-state index in [0.29, 0.717) is 0 Å². The first kappa shape index (κ1) is 13.7. The molecule has 0 nitrogen and oxygen atoms in total. The average molecular weight is 442 g/mol. The van der Waals surface area contributed by atoms with Crippen LogP contribution in [0.3, 0.4) is 0 Å². The summed E-state index contributed by atoms with van der Waals surface area (Å²) in [7, 11) is 0. The van der Waals surface area contributed by atoms with Gasteiger partial charge in [-0.05, 0) is 11.6 Å². The molecule has 0 unspecified atom stereocenters. The third kappa shape index (κ3) is 4.99. The van der Waals surface area contributed by atoms with Crippen molar-refractivity contribution >= 4 is 51.8 Å². The third-order valence-corrected chi connectivity index (χ3v) is 9.86. The smallest absolute Gasteiger partial charge is 0.0929 e. The molecular weight excluding hydrogens is 426 g/mol. The van der Waals surface area contributed by atoms with Gasteiger partial charge in [-0.1, -0.05) is 105 Å². The first-order valence-corrected chi connectivity index (χ1v) is 13.6. The highest BCUT2D eigenvalue weighted by molar-refractivity contribution is 14.3. The Balaban J connectivity index is 2.63. The lowest BCUT2D eigenvalue weighted by Gasteiger charge is -2.13. The molecule has 3 heteroatoms. The normalized spacial score (nSPS) is 12.2. The molecule has 1 rings (SSSR count). The van der Waals surface area contributed by atoms with Crippen molar-refractivity contribution in [1.29, 1.82) is 0 Å². The van der Waals surface area contributed by atoms with Crippen LogP contribution in [0.15, 0.2) is 42.1 Å². The van der Waals surface area contributed by atoms with E-state index in [4.69, 9.17) is 0 Å². The zero-order chi connectivity index (χ0) is 11.1. The summed E-state index contributed by atoms with van der Waals surface area (Å²) in [6, 6.07) is 10.8. The van der Waals surface area contributed by atoms with Gasteiger partial charge in [0.1, 0.15) is 0 Å². The van der Waals surface area contributed by atoms with E-state index in [0.717, 1.165) is 0 Å². The van der Waals surface area contributed by atoms with Crippen LogP contribution >= 0.6 is 43.6 Å². The van der Waals surface area contributed by atoms with Crippen LogP contribution in [0.2, 0.25) is 0 Å². The van der Waals surface area contributed by atoms with E-state index >= 15 is 0 Å². The van der Waals surface area contributed by atoms with Gasteiger partial charge in [-0.25, -0.2) is 0 Å². The van der Waals surface area contributed by atoms with Gasteiger partial charge in [0.15, 0.2) is 0 Å². The number of hydrogen-bond acceptors (Lipinski definition) is 0. The van der Waals surface area contributed by atoms with Crippen molar-refractivity contribution in [2.75, 3.05) is 0 Å². The minimum absolute atomic E-state index is 1.23. The second-order valence-electron chi connectivity index (χ2n) is 3.53.